The first kappa shape index (κ1) is 17.7. The van der Waals surface area contributed by atoms with E-state index in [9.17, 15) is 19.5 Å². The van der Waals surface area contributed by atoms with E-state index in [1.165, 1.54) is 11.0 Å². The number of fused-ring (bicyclic) bond motifs is 1. The van der Waals surface area contributed by atoms with Crippen molar-refractivity contribution in [3.05, 3.63) is 28.2 Å². The Hall–Kier alpha value is -2.09. The summed E-state index contributed by atoms with van der Waals surface area (Å²) in [7, 11) is 3.29. The predicted octanol–water partition coefficient (Wildman–Crippen LogP) is 0.677. The van der Waals surface area contributed by atoms with Crippen LogP contribution in [0.5, 0.6) is 5.75 Å². The molecule has 3 amide bonds. The number of nitrogens with one attached hydrogen (secondary N) is 1. The summed E-state index contributed by atoms with van der Waals surface area (Å²) in [5, 5.41) is 12.4. The number of aromatic hydroxyl groups is 1. The number of amides is 3. The molecule has 1 saturated heterocycles. The highest BCUT2D eigenvalue weighted by atomic mass is 79.9. The van der Waals surface area contributed by atoms with Gasteiger partial charge in [-0.15, -0.1) is 0 Å². The smallest absolute Gasteiger partial charge is 0.254 e. The molecule has 0 spiro atoms. The Morgan fingerprint density at radius 1 is 1.28 bits per heavy atom. The van der Waals surface area contributed by atoms with Crippen molar-refractivity contribution in [2.45, 2.75) is 0 Å². The van der Waals surface area contributed by atoms with Crippen molar-refractivity contribution in [1.82, 2.24) is 15.1 Å². The number of nitrogens with zero attached hydrogens (tertiary/aromatic N) is 2. The van der Waals surface area contributed by atoms with Gasteiger partial charge in [-0.25, -0.2) is 0 Å². The maximum absolute atomic E-state index is 12.5. The van der Waals surface area contributed by atoms with E-state index < -0.39 is 0 Å². The number of carbonyl (C=O) groups is 3. The van der Waals surface area contributed by atoms with E-state index >= 15 is 0 Å². The second kappa shape index (κ2) is 6.67. The molecule has 25 heavy (non-hydrogen) atoms. The molecule has 2 atom stereocenters. The van der Waals surface area contributed by atoms with Crippen LogP contribution in [0.3, 0.4) is 0 Å². The van der Waals surface area contributed by atoms with Crippen LogP contribution in [0.25, 0.3) is 0 Å². The minimum atomic E-state index is -0.147. The summed E-state index contributed by atoms with van der Waals surface area (Å²) in [5.74, 6) is -0.179. The van der Waals surface area contributed by atoms with Crippen LogP contribution in [-0.2, 0) is 9.59 Å². The van der Waals surface area contributed by atoms with Crippen LogP contribution in [0.15, 0.2) is 22.7 Å². The lowest BCUT2D eigenvalue weighted by atomic mass is 10.1. The predicted molar refractivity (Wildman–Crippen MR) is 93.9 cm³/mol. The topological polar surface area (TPSA) is 90.0 Å². The molecule has 0 bridgehead atoms. The highest BCUT2D eigenvalue weighted by Gasteiger charge is 2.60. The standard InChI is InChI=1S/C17H20BrN3O4/c1-20(2)14(23)6-19-16(24)15-10-7-21(8-11(10)15)17(25)9-3-4-12(18)13(22)5-9/h3-5,10-11,15,22H,6-8H2,1-2H3,(H,19,24)/t10-,11-/m0/s1. The number of carbonyl (C=O) groups excluding carboxylic acids is 3. The first-order valence-corrected chi connectivity index (χ1v) is 8.84. The van der Waals surface area contributed by atoms with Crippen molar-refractivity contribution in [1.29, 1.82) is 0 Å². The first-order valence-electron chi connectivity index (χ1n) is 8.05. The molecule has 0 radical (unpaired) electrons. The molecule has 1 saturated carbocycles. The second-order valence-electron chi connectivity index (χ2n) is 6.74. The van der Waals surface area contributed by atoms with Gasteiger partial charge in [0.25, 0.3) is 5.91 Å². The molecule has 2 fully saturated rings. The van der Waals surface area contributed by atoms with Gasteiger partial charge in [0.1, 0.15) is 5.75 Å². The summed E-state index contributed by atoms with van der Waals surface area (Å²) in [6.07, 6.45) is 0. The lowest BCUT2D eigenvalue weighted by Crippen LogP contribution is -2.39. The Kier molecular flexibility index (Phi) is 4.73. The van der Waals surface area contributed by atoms with Gasteiger partial charge in [0.2, 0.25) is 11.8 Å². The molecule has 7 nitrogen and oxygen atoms in total. The highest BCUT2D eigenvalue weighted by Crippen LogP contribution is 2.52. The molecule has 0 aromatic heterocycles. The first-order chi connectivity index (χ1) is 11.8. The van der Waals surface area contributed by atoms with E-state index in [1.54, 1.807) is 31.1 Å². The van der Waals surface area contributed by atoms with E-state index in [-0.39, 0.29) is 47.8 Å². The second-order valence-corrected chi connectivity index (χ2v) is 7.59. The van der Waals surface area contributed by atoms with Crippen LogP contribution in [0, 0.1) is 17.8 Å². The lowest BCUT2D eigenvalue weighted by Gasteiger charge is -2.20. The summed E-state index contributed by atoms with van der Waals surface area (Å²) >= 11 is 3.19. The molecule has 3 rings (SSSR count). The third-order valence-electron chi connectivity index (χ3n) is 4.89. The molecule has 1 aromatic carbocycles. The number of piperidine rings is 1. The Bertz CT molecular complexity index is 725. The van der Waals surface area contributed by atoms with Gasteiger partial charge in [-0.3, -0.25) is 14.4 Å². The zero-order valence-electron chi connectivity index (χ0n) is 14.0. The fourth-order valence-corrected chi connectivity index (χ4v) is 3.59. The largest absolute Gasteiger partial charge is 0.507 e. The number of hydrogen-bond donors (Lipinski definition) is 2. The normalized spacial score (nSPS) is 23.8. The molecule has 1 aliphatic heterocycles. The average molecular weight is 410 g/mol. The molecule has 1 aromatic rings. The summed E-state index contributed by atoms with van der Waals surface area (Å²) in [6.45, 7) is 1.06. The minimum absolute atomic E-state index is 0.00257. The summed E-state index contributed by atoms with van der Waals surface area (Å²) in [5.41, 5.74) is 0.430. The fourth-order valence-electron chi connectivity index (χ4n) is 3.35. The van der Waals surface area contributed by atoms with Crippen molar-refractivity contribution in [2.75, 3.05) is 33.7 Å². The zero-order chi connectivity index (χ0) is 18.3. The maximum atomic E-state index is 12.5. The molecule has 1 heterocycles. The monoisotopic (exact) mass is 409 g/mol. The quantitative estimate of drug-likeness (QED) is 0.764. The third kappa shape index (κ3) is 3.49. The number of rotatable bonds is 4. The molecule has 134 valence electrons. The molecule has 2 aliphatic rings. The van der Waals surface area contributed by atoms with E-state index in [2.05, 4.69) is 21.2 Å². The number of hydrogen-bond acceptors (Lipinski definition) is 4. The number of likely N-dealkylation sites (N-methyl/N-ethyl adjacent to an activating group) is 1. The van der Waals surface area contributed by atoms with Crippen molar-refractivity contribution in [3.63, 3.8) is 0 Å². The van der Waals surface area contributed by atoms with Crippen LogP contribution in [0.4, 0.5) is 0 Å². The maximum Gasteiger partial charge on any atom is 0.254 e. The Morgan fingerprint density at radius 2 is 1.92 bits per heavy atom. The van der Waals surface area contributed by atoms with Crippen molar-refractivity contribution in [2.24, 2.45) is 17.8 Å². The van der Waals surface area contributed by atoms with Gasteiger partial charge in [0.05, 0.1) is 11.0 Å². The Labute approximate surface area is 154 Å². The van der Waals surface area contributed by atoms with Crippen molar-refractivity contribution < 1.29 is 19.5 Å². The van der Waals surface area contributed by atoms with Crippen LogP contribution in [0.1, 0.15) is 10.4 Å². The fraction of sp³-hybridized carbons (Fsp3) is 0.471. The van der Waals surface area contributed by atoms with Crippen molar-refractivity contribution >= 4 is 33.7 Å². The van der Waals surface area contributed by atoms with E-state index in [0.717, 1.165) is 0 Å². The third-order valence-corrected chi connectivity index (χ3v) is 5.56. The van der Waals surface area contributed by atoms with Gasteiger partial charge >= 0.3 is 0 Å². The number of benzene rings is 1. The SMILES string of the molecule is CN(C)C(=O)CNC(=O)C1[C@H]2CN(C(=O)c3ccc(Br)c(O)c3)C[C@H]12. The van der Waals surface area contributed by atoms with Crippen LogP contribution < -0.4 is 5.32 Å². The van der Waals surface area contributed by atoms with E-state index in [4.69, 9.17) is 0 Å². The number of phenols is 1. The molecule has 0 unspecified atom stereocenters. The van der Waals surface area contributed by atoms with Crippen molar-refractivity contribution in [3.8, 4) is 5.75 Å². The number of phenolic OH excluding ortho intramolecular Hbond substituents is 1. The molecule has 2 N–H and O–H groups in total. The number of likely N-dealkylation sites (tertiary alicyclic amines) is 1. The number of halogens is 1. The van der Waals surface area contributed by atoms with Gasteiger partial charge in [0, 0.05) is 38.7 Å². The average Bonchev–Trinajstić information content (AvgIpc) is 3.08. The highest BCUT2D eigenvalue weighted by molar-refractivity contribution is 9.10. The molecule has 8 heteroatoms. The van der Waals surface area contributed by atoms with Gasteiger partial charge in [0.15, 0.2) is 0 Å². The molecular weight excluding hydrogens is 390 g/mol. The van der Waals surface area contributed by atoms with Gasteiger partial charge in [-0.2, -0.15) is 0 Å². The summed E-state index contributed by atoms with van der Waals surface area (Å²) < 4.78 is 0.539. The Morgan fingerprint density at radius 3 is 2.48 bits per heavy atom. The van der Waals surface area contributed by atoms with Gasteiger partial charge in [-0.1, -0.05) is 0 Å². The Balaban J connectivity index is 1.52. The zero-order valence-corrected chi connectivity index (χ0v) is 15.6. The van der Waals surface area contributed by atoms with Crippen LogP contribution in [0.2, 0.25) is 0 Å². The molecule has 1 aliphatic carbocycles. The van der Waals surface area contributed by atoms with Gasteiger partial charge < -0.3 is 20.2 Å². The van der Waals surface area contributed by atoms with Crippen LogP contribution >= 0.6 is 15.9 Å². The van der Waals surface area contributed by atoms with E-state index in [1.807, 2.05) is 0 Å². The summed E-state index contributed by atoms with van der Waals surface area (Å²) in [6, 6.07) is 4.73. The summed E-state index contributed by atoms with van der Waals surface area (Å²) in [4.78, 5) is 39.3. The minimum Gasteiger partial charge on any atom is -0.507 e. The lowest BCUT2D eigenvalue weighted by molar-refractivity contribution is -0.131. The molecular formula is C17H20BrN3O4. The van der Waals surface area contributed by atoms with Gasteiger partial charge in [-0.05, 0) is 46.0 Å². The van der Waals surface area contributed by atoms with E-state index in [0.29, 0.717) is 23.1 Å². The van der Waals surface area contributed by atoms with Crippen LogP contribution in [-0.4, -0.2) is 66.4 Å².